The quantitative estimate of drug-likeness (QED) is 0.261. The molecule has 1 aliphatic heterocycles. The maximum Gasteiger partial charge on any atom is 0.295 e. The molecule has 2 aromatic carbocycles. The predicted octanol–water partition coefficient (Wildman–Crippen LogP) is 5.41. The van der Waals surface area contributed by atoms with E-state index in [1.54, 1.807) is 54.9 Å². The molecule has 0 saturated carbocycles. The van der Waals surface area contributed by atoms with Gasteiger partial charge in [-0.2, -0.15) is 0 Å². The van der Waals surface area contributed by atoms with Gasteiger partial charge in [0, 0.05) is 24.5 Å². The molecule has 0 aliphatic carbocycles. The molecule has 2 heterocycles. The number of nitrogens with zero attached hydrogens (tertiary/aromatic N) is 2. The first-order chi connectivity index (χ1) is 17.3. The van der Waals surface area contributed by atoms with E-state index in [0.717, 1.165) is 16.9 Å². The first-order valence-corrected chi connectivity index (χ1v) is 12.0. The number of ketones is 1. The number of likely N-dealkylation sites (tertiary alicyclic amines) is 1. The number of rotatable bonds is 8. The van der Waals surface area contributed by atoms with E-state index in [1.165, 1.54) is 17.0 Å². The van der Waals surface area contributed by atoms with Crippen LogP contribution < -0.4 is 4.74 Å². The van der Waals surface area contributed by atoms with Crippen molar-refractivity contribution >= 4 is 17.4 Å². The summed E-state index contributed by atoms with van der Waals surface area (Å²) in [6, 6.07) is 14.0. The lowest BCUT2D eigenvalue weighted by molar-refractivity contribution is -0.139. The molecule has 0 radical (unpaired) electrons. The van der Waals surface area contributed by atoms with Crippen molar-refractivity contribution in [2.24, 2.45) is 0 Å². The highest BCUT2D eigenvalue weighted by atomic mass is 19.1. The van der Waals surface area contributed by atoms with Gasteiger partial charge in [-0.1, -0.05) is 26.0 Å². The minimum atomic E-state index is -0.775. The molecule has 186 valence electrons. The smallest absolute Gasteiger partial charge is 0.295 e. The lowest BCUT2D eigenvalue weighted by Gasteiger charge is -2.25. The molecule has 1 amide bonds. The third-order valence-electron chi connectivity index (χ3n) is 6.32. The number of amides is 1. The largest absolute Gasteiger partial charge is 0.507 e. The van der Waals surface area contributed by atoms with E-state index >= 15 is 0 Å². The Morgan fingerprint density at radius 2 is 1.78 bits per heavy atom. The zero-order chi connectivity index (χ0) is 25.8. The highest BCUT2D eigenvalue weighted by Crippen LogP contribution is 2.40. The molecule has 7 heteroatoms. The lowest BCUT2D eigenvalue weighted by Crippen LogP contribution is -2.31. The maximum absolute atomic E-state index is 13.3. The number of pyridine rings is 1. The molecule has 4 rings (SSSR count). The monoisotopic (exact) mass is 488 g/mol. The zero-order valence-electron chi connectivity index (χ0n) is 20.6. The zero-order valence-corrected chi connectivity index (χ0v) is 20.6. The standard InChI is InChI=1S/C29H29FN2O4/c1-4-36-24-10-7-21(17-23(24)18(2)3)27(33)25-26(20-11-14-31-15-12-20)32(29(35)28(25)34)16-13-19-5-8-22(30)9-6-19/h5-12,14-15,17-18,26,33H,4,13,16H2,1-3H3/b27-25-. The van der Waals surface area contributed by atoms with Crippen molar-refractivity contribution in [3.63, 3.8) is 0 Å². The molecule has 1 atom stereocenters. The summed E-state index contributed by atoms with van der Waals surface area (Å²) in [5, 5.41) is 11.4. The fourth-order valence-corrected chi connectivity index (χ4v) is 4.49. The molecular formula is C29H29FN2O4. The molecular weight excluding hydrogens is 459 g/mol. The summed E-state index contributed by atoms with van der Waals surface area (Å²) < 4.78 is 19.0. The summed E-state index contributed by atoms with van der Waals surface area (Å²) >= 11 is 0. The molecule has 1 N–H and O–H groups in total. The summed E-state index contributed by atoms with van der Waals surface area (Å²) in [5.41, 5.74) is 2.87. The van der Waals surface area contributed by atoms with Crippen LogP contribution in [0.15, 0.2) is 72.6 Å². The van der Waals surface area contributed by atoms with Crippen LogP contribution in [0.1, 0.15) is 55.0 Å². The van der Waals surface area contributed by atoms with Crippen molar-refractivity contribution in [3.8, 4) is 5.75 Å². The first-order valence-electron chi connectivity index (χ1n) is 12.0. The number of hydrogen-bond acceptors (Lipinski definition) is 5. The molecule has 6 nitrogen and oxygen atoms in total. The van der Waals surface area contributed by atoms with Crippen LogP contribution in [0.25, 0.3) is 5.76 Å². The van der Waals surface area contributed by atoms with Crippen molar-refractivity contribution in [2.75, 3.05) is 13.2 Å². The van der Waals surface area contributed by atoms with Gasteiger partial charge in [-0.05, 0) is 78.4 Å². The number of aromatic nitrogens is 1. The third-order valence-corrected chi connectivity index (χ3v) is 6.32. The van der Waals surface area contributed by atoms with Gasteiger partial charge in [0.25, 0.3) is 11.7 Å². The molecule has 3 aromatic rings. The molecule has 0 spiro atoms. The number of aliphatic hydroxyl groups is 1. The minimum absolute atomic E-state index is 0.0316. The minimum Gasteiger partial charge on any atom is -0.507 e. The van der Waals surface area contributed by atoms with Crippen LogP contribution in [-0.4, -0.2) is 39.8 Å². The third kappa shape index (κ3) is 5.00. The molecule has 0 bridgehead atoms. The number of carbonyl (C=O) groups excluding carboxylic acids is 2. The van der Waals surface area contributed by atoms with Crippen molar-refractivity contribution in [3.05, 3.63) is 101 Å². The first kappa shape index (κ1) is 25.1. The summed E-state index contributed by atoms with van der Waals surface area (Å²) in [6.07, 6.45) is 3.60. The fraction of sp³-hybridized carbons (Fsp3) is 0.276. The van der Waals surface area contributed by atoms with Crippen LogP contribution in [0, 0.1) is 5.82 Å². The van der Waals surface area contributed by atoms with Crippen molar-refractivity contribution in [2.45, 2.75) is 39.2 Å². The Kier molecular flexibility index (Phi) is 7.48. The Balaban J connectivity index is 1.77. The second kappa shape index (κ2) is 10.7. The van der Waals surface area contributed by atoms with Gasteiger partial charge in [0.15, 0.2) is 0 Å². The summed E-state index contributed by atoms with van der Waals surface area (Å²) in [6.45, 7) is 6.67. The van der Waals surface area contributed by atoms with E-state index in [-0.39, 0.29) is 29.6 Å². The van der Waals surface area contributed by atoms with Gasteiger partial charge in [-0.25, -0.2) is 4.39 Å². The Hall–Kier alpha value is -4.00. The highest BCUT2D eigenvalue weighted by molar-refractivity contribution is 6.46. The second-order valence-corrected chi connectivity index (χ2v) is 8.99. The van der Waals surface area contributed by atoms with Crippen molar-refractivity contribution in [1.29, 1.82) is 0 Å². The Morgan fingerprint density at radius 1 is 1.08 bits per heavy atom. The molecule has 1 aromatic heterocycles. The number of Topliss-reactive ketones (excluding diaryl/α,β-unsaturated/α-hetero) is 1. The molecule has 36 heavy (non-hydrogen) atoms. The number of aliphatic hydroxyl groups excluding tert-OH is 1. The van der Waals surface area contributed by atoms with Gasteiger partial charge in [-0.15, -0.1) is 0 Å². The van der Waals surface area contributed by atoms with Crippen LogP contribution in [0.4, 0.5) is 4.39 Å². The summed E-state index contributed by atoms with van der Waals surface area (Å²) in [7, 11) is 0. The van der Waals surface area contributed by atoms with Crippen LogP contribution in [0.3, 0.4) is 0 Å². The average Bonchev–Trinajstić information content (AvgIpc) is 3.13. The summed E-state index contributed by atoms with van der Waals surface area (Å²) in [4.78, 5) is 31.9. The second-order valence-electron chi connectivity index (χ2n) is 8.99. The highest BCUT2D eigenvalue weighted by Gasteiger charge is 2.45. The topological polar surface area (TPSA) is 79.7 Å². The van der Waals surface area contributed by atoms with E-state index < -0.39 is 17.7 Å². The fourth-order valence-electron chi connectivity index (χ4n) is 4.49. The van der Waals surface area contributed by atoms with Crippen molar-refractivity contribution in [1.82, 2.24) is 9.88 Å². The average molecular weight is 489 g/mol. The van der Waals surface area contributed by atoms with E-state index in [9.17, 15) is 19.1 Å². The Labute approximate surface area is 210 Å². The molecule has 1 fully saturated rings. The van der Waals surface area contributed by atoms with Crippen LogP contribution in [0.2, 0.25) is 0 Å². The van der Waals surface area contributed by atoms with Crippen LogP contribution in [-0.2, 0) is 16.0 Å². The predicted molar refractivity (Wildman–Crippen MR) is 135 cm³/mol. The van der Waals surface area contributed by atoms with Gasteiger partial charge >= 0.3 is 0 Å². The van der Waals surface area contributed by atoms with E-state index in [1.807, 2.05) is 20.8 Å². The van der Waals surface area contributed by atoms with Gasteiger partial charge < -0.3 is 14.7 Å². The van der Waals surface area contributed by atoms with E-state index in [0.29, 0.717) is 24.2 Å². The van der Waals surface area contributed by atoms with Gasteiger partial charge in [0.1, 0.15) is 17.3 Å². The van der Waals surface area contributed by atoms with Crippen molar-refractivity contribution < 1.29 is 23.8 Å². The number of carbonyl (C=O) groups is 2. The molecule has 1 aliphatic rings. The maximum atomic E-state index is 13.3. The molecule has 1 unspecified atom stereocenters. The van der Waals surface area contributed by atoms with E-state index in [4.69, 9.17) is 4.74 Å². The normalized spacial score (nSPS) is 17.1. The van der Waals surface area contributed by atoms with Gasteiger partial charge in [0.05, 0.1) is 18.2 Å². The Morgan fingerprint density at radius 3 is 2.42 bits per heavy atom. The number of hydrogen-bond donors (Lipinski definition) is 1. The van der Waals surface area contributed by atoms with Gasteiger partial charge in [0.2, 0.25) is 0 Å². The van der Waals surface area contributed by atoms with E-state index in [2.05, 4.69) is 4.98 Å². The van der Waals surface area contributed by atoms with Gasteiger partial charge in [-0.3, -0.25) is 14.6 Å². The molecule has 1 saturated heterocycles. The number of benzene rings is 2. The van der Waals surface area contributed by atoms with Crippen LogP contribution >= 0.6 is 0 Å². The Bertz CT molecular complexity index is 1290. The lowest BCUT2D eigenvalue weighted by atomic mass is 9.93. The van der Waals surface area contributed by atoms with Crippen LogP contribution in [0.5, 0.6) is 5.75 Å². The number of halogens is 1. The summed E-state index contributed by atoms with van der Waals surface area (Å²) in [5.74, 6) is -1.16. The SMILES string of the molecule is CCOc1ccc(/C(O)=C2/C(=O)C(=O)N(CCc3ccc(F)cc3)C2c2ccncc2)cc1C(C)C. The number of ether oxygens (including phenoxy) is 1.